The molecule has 0 spiro atoms. The van der Waals surface area contributed by atoms with E-state index in [4.69, 9.17) is 8.83 Å². The molecule has 0 saturated carbocycles. The molecule has 0 bridgehead atoms. The molecule has 92 valence electrons. The van der Waals surface area contributed by atoms with Gasteiger partial charge in [0.15, 0.2) is 5.76 Å². The Kier molecular flexibility index (Phi) is 2.02. The average molecular weight is 252 g/mol. The average Bonchev–Trinajstić information content (AvgIpc) is 3.18. The molecule has 0 amide bonds. The van der Waals surface area contributed by atoms with E-state index in [0.717, 1.165) is 16.6 Å². The highest BCUT2D eigenvalue weighted by Crippen LogP contribution is 2.28. The van der Waals surface area contributed by atoms with Gasteiger partial charge in [-0.05, 0) is 24.3 Å². The van der Waals surface area contributed by atoms with Gasteiger partial charge in [-0.3, -0.25) is 0 Å². The first kappa shape index (κ1) is 10.1. The molecule has 0 saturated heterocycles. The van der Waals surface area contributed by atoms with E-state index in [0.29, 0.717) is 17.5 Å². The zero-order valence-electron chi connectivity index (χ0n) is 9.70. The Hall–Kier alpha value is -2.89. The second kappa shape index (κ2) is 3.81. The van der Waals surface area contributed by atoms with Crippen molar-refractivity contribution in [2.24, 2.45) is 0 Å². The smallest absolute Gasteiger partial charge is 0.283 e. The first-order valence-corrected chi connectivity index (χ1v) is 5.72. The molecular formula is C13H8N4O2. The SMILES string of the molecule is c1coc(-c2nnc(-c3ccnc4[nH]ccc34)o2)c1. The van der Waals surface area contributed by atoms with E-state index in [9.17, 15) is 0 Å². The summed E-state index contributed by atoms with van der Waals surface area (Å²) in [5.41, 5.74) is 1.63. The van der Waals surface area contributed by atoms with E-state index in [-0.39, 0.29) is 0 Å². The summed E-state index contributed by atoms with van der Waals surface area (Å²) >= 11 is 0. The van der Waals surface area contributed by atoms with Crippen LogP contribution in [-0.2, 0) is 0 Å². The van der Waals surface area contributed by atoms with Gasteiger partial charge in [-0.2, -0.15) is 0 Å². The molecule has 4 aromatic heterocycles. The number of hydrogen-bond donors (Lipinski definition) is 1. The van der Waals surface area contributed by atoms with Crippen LogP contribution in [0, 0.1) is 0 Å². The summed E-state index contributed by atoms with van der Waals surface area (Å²) in [6.07, 6.45) is 5.09. The van der Waals surface area contributed by atoms with E-state index in [2.05, 4.69) is 20.2 Å². The number of fused-ring (bicyclic) bond motifs is 1. The topological polar surface area (TPSA) is 80.7 Å². The van der Waals surface area contributed by atoms with E-state index in [1.54, 1.807) is 24.6 Å². The number of nitrogens with zero attached hydrogens (tertiary/aromatic N) is 3. The van der Waals surface area contributed by atoms with Gasteiger partial charge in [-0.1, -0.05) is 0 Å². The Balaban J connectivity index is 1.87. The summed E-state index contributed by atoms with van der Waals surface area (Å²) in [6.45, 7) is 0. The predicted octanol–water partition coefficient (Wildman–Crippen LogP) is 2.87. The quantitative estimate of drug-likeness (QED) is 0.593. The summed E-state index contributed by atoms with van der Waals surface area (Å²) < 4.78 is 10.9. The molecule has 6 heteroatoms. The van der Waals surface area contributed by atoms with Gasteiger partial charge >= 0.3 is 0 Å². The standard InChI is InChI=1S/C13H8N4O2/c1-2-10(18-7-1)13-17-16-12(19-13)9-4-6-15-11-8(9)3-5-14-11/h1-7H,(H,14,15). The van der Waals surface area contributed by atoms with Gasteiger partial charge in [0.1, 0.15) is 5.65 Å². The molecular weight excluding hydrogens is 244 g/mol. The largest absolute Gasteiger partial charge is 0.459 e. The number of pyridine rings is 1. The van der Waals surface area contributed by atoms with Crippen LogP contribution >= 0.6 is 0 Å². The Bertz CT molecular complexity index is 829. The number of hydrogen-bond acceptors (Lipinski definition) is 5. The van der Waals surface area contributed by atoms with Crippen LogP contribution in [-0.4, -0.2) is 20.2 Å². The Labute approximate surface area is 107 Å². The second-order valence-electron chi connectivity index (χ2n) is 3.99. The normalized spacial score (nSPS) is 11.2. The number of H-pyrrole nitrogens is 1. The number of rotatable bonds is 2. The third kappa shape index (κ3) is 1.54. The molecule has 0 atom stereocenters. The van der Waals surface area contributed by atoms with Crippen molar-refractivity contribution in [3.8, 4) is 23.1 Å². The molecule has 4 rings (SSSR count). The van der Waals surface area contributed by atoms with E-state index in [1.165, 1.54) is 0 Å². The van der Waals surface area contributed by atoms with Crippen molar-refractivity contribution in [2.75, 3.05) is 0 Å². The van der Waals surface area contributed by atoms with Crippen molar-refractivity contribution in [1.29, 1.82) is 0 Å². The summed E-state index contributed by atoms with van der Waals surface area (Å²) in [4.78, 5) is 7.26. The molecule has 0 radical (unpaired) electrons. The first-order valence-electron chi connectivity index (χ1n) is 5.72. The maximum Gasteiger partial charge on any atom is 0.283 e. The molecule has 19 heavy (non-hydrogen) atoms. The lowest BCUT2D eigenvalue weighted by molar-refractivity contribution is 0.523. The van der Waals surface area contributed by atoms with Crippen molar-refractivity contribution in [2.45, 2.75) is 0 Å². The third-order valence-electron chi connectivity index (χ3n) is 2.85. The molecule has 0 unspecified atom stereocenters. The first-order chi connectivity index (χ1) is 9.42. The molecule has 0 aliphatic carbocycles. The van der Waals surface area contributed by atoms with Crippen molar-refractivity contribution in [3.63, 3.8) is 0 Å². The van der Waals surface area contributed by atoms with Gasteiger partial charge in [-0.25, -0.2) is 4.98 Å². The molecule has 0 aliphatic heterocycles. The van der Waals surface area contributed by atoms with Crippen LogP contribution in [0.4, 0.5) is 0 Å². The van der Waals surface area contributed by atoms with E-state index < -0.39 is 0 Å². The van der Waals surface area contributed by atoms with Crippen LogP contribution in [0.5, 0.6) is 0 Å². The zero-order valence-corrected chi connectivity index (χ0v) is 9.70. The van der Waals surface area contributed by atoms with Gasteiger partial charge < -0.3 is 13.8 Å². The monoisotopic (exact) mass is 252 g/mol. The van der Waals surface area contributed by atoms with Crippen molar-refractivity contribution < 1.29 is 8.83 Å². The molecule has 4 heterocycles. The van der Waals surface area contributed by atoms with Crippen molar-refractivity contribution in [3.05, 3.63) is 42.9 Å². The van der Waals surface area contributed by atoms with Gasteiger partial charge in [0, 0.05) is 17.8 Å². The number of nitrogens with one attached hydrogen (secondary N) is 1. The molecule has 0 aliphatic rings. The number of aromatic nitrogens is 4. The molecule has 1 N–H and O–H groups in total. The van der Waals surface area contributed by atoms with Gasteiger partial charge in [0.2, 0.25) is 5.89 Å². The summed E-state index contributed by atoms with van der Waals surface area (Å²) in [6, 6.07) is 7.32. The van der Waals surface area contributed by atoms with Gasteiger partial charge in [0.05, 0.1) is 11.8 Å². The lowest BCUT2D eigenvalue weighted by Crippen LogP contribution is -1.81. The van der Waals surface area contributed by atoms with Crippen LogP contribution in [0.15, 0.2) is 51.8 Å². The third-order valence-corrected chi connectivity index (χ3v) is 2.85. The maximum atomic E-state index is 5.63. The Morgan fingerprint density at radius 2 is 2.00 bits per heavy atom. The van der Waals surface area contributed by atoms with E-state index >= 15 is 0 Å². The fraction of sp³-hybridized carbons (Fsp3) is 0. The highest BCUT2D eigenvalue weighted by molar-refractivity contribution is 5.90. The number of furan rings is 1. The minimum absolute atomic E-state index is 0.362. The molecule has 6 nitrogen and oxygen atoms in total. The summed E-state index contributed by atoms with van der Waals surface area (Å²) in [7, 11) is 0. The summed E-state index contributed by atoms with van der Waals surface area (Å²) in [5, 5.41) is 8.98. The fourth-order valence-electron chi connectivity index (χ4n) is 1.98. The van der Waals surface area contributed by atoms with Crippen molar-refractivity contribution >= 4 is 11.0 Å². The van der Waals surface area contributed by atoms with Gasteiger partial charge in [-0.15, -0.1) is 10.2 Å². The van der Waals surface area contributed by atoms with Crippen molar-refractivity contribution in [1.82, 2.24) is 20.2 Å². The minimum atomic E-state index is 0.362. The minimum Gasteiger partial charge on any atom is -0.459 e. The van der Waals surface area contributed by atoms with Crippen LogP contribution in [0.1, 0.15) is 0 Å². The maximum absolute atomic E-state index is 5.63. The fourth-order valence-corrected chi connectivity index (χ4v) is 1.98. The zero-order chi connectivity index (χ0) is 12.7. The second-order valence-corrected chi connectivity index (χ2v) is 3.99. The molecule has 4 aromatic rings. The summed E-state index contributed by atoms with van der Waals surface area (Å²) in [5.74, 6) is 1.36. The lowest BCUT2D eigenvalue weighted by atomic mass is 10.2. The van der Waals surface area contributed by atoms with Crippen LogP contribution < -0.4 is 0 Å². The Morgan fingerprint density at radius 1 is 1.05 bits per heavy atom. The molecule has 0 aromatic carbocycles. The highest BCUT2D eigenvalue weighted by Gasteiger charge is 2.14. The predicted molar refractivity (Wildman–Crippen MR) is 67.1 cm³/mol. The van der Waals surface area contributed by atoms with Crippen LogP contribution in [0.2, 0.25) is 0 Å². The van der Waals surface area contributed by atoms with E-state index in [1.807, 2.05) is 18.3 Å². The molecule has 0 fully saturated rings. The number of aromatic amines is 1. The Morgan fingerprint density at radius 3 is 2.89 bits per heavy atom. The van der Waals surface area contributed by atoms with Crippen LogP contribution in [0.3, 0.4) is 0 Å². The van der Waals surface area contributed by atoms with Gasteiger partial charge in [0.25, 0.3) is 5.89 Å². The highest BCUT2D eigenvalue weighted by atomic mass is 16.4. The lowest BCUT2D eigenvalue weighted by Gasteiger charge is -1.96. The van der Waals surface area contributed by atoms with Crippen LogP contribution in [0.25, 0.3) is 34.1 Å².